The summed E-state index contributed by atoms with van der Waals surface area (Å²) in [5.41, 5.74) is 0.139. The van der Waals surface area contributed by atoms with Crippen molar-refractivity contribution < 1.29 is 5.11 Å². The van der Waals surface area contributed by atoms with Crippen LogP contribution in [0.15, 0.2) is 0 Å². The predicted molar refractivity (Wildman–Crippen MR) is 65.0 cm³/mol. The van der Waals surface area contributed by atoms with Crippen molar-refractivity contribution in [2.45, 2.75) is 70.9 Å². The van der Waals surface area contributed by atoms with Crippen LogP contribution in [-0.2, 0) is 0 Å². The van der Waals surface area contributed by atoms with Crippen LogP contribution >= 0.6 is 0 Å². The first-order valence-corrected chi connectivity index (χ1v) is 6.48. The second kappa shape index (κ2) is 5.86. The van der Waals surface area contributed by atoms with Gasteiger partial charge in [0.25, 0.3) is 0 Å². The van der Waals surface area contributed by atoms with Crippen LogP contribution in [0.2, 0.25) is 0 Å². The molecule has 0 aromatic carbocycles. The molecule has 0 radical (unpaired) electrons. The Morgan fingerprint density at radius 1 is 1.27 bits per heavy atom. The van der Waals surface area contributed by atoms with Gasteiger partial charge in [0.1, 0.15) is 0 Å². The molecule has 1 unspecified atom stereocenters. The van der Waals surface area contributed by atoms with Gasteiger partial charge >= 0.3 is 0 Å². The molecule has 2 N–H and O–H groups in total. The number of hydrogen-bond acceptors (Lipinski definition) is 2. The summed E-state index contributed by atoms with van der Waals surface area (Å²) in [5.74, 6) is 0.911. The molecule has 1 saturated carbocycles. The summed E-state index contributed by atoms with van der Waals surface area (Å²) in [6.45, 7) is 7.08. The largest absolute Gasteiger partial charge is 0.396 e. The van der Waals surface area contributed by atoms with Crippen molar-refractivity contribution in [1.82, 2.24) is 5.32 Å². The van der Waals surface area contributed by atoms with E-state index in [4.69, 9.17) is 5.11 Å². The lowest BCUT2D eigenvalue weighted by molar-refractivity contribution is 0.181. The van der Waals surface area contributed by atoms with Crippen LogP contribution in [0.5, 0.6) is 0 Å². The molecule has 0 bridgehead atoms. The lowest BCUT2D eigenvalue weighted by Crippen LogP contribution is -2.49. The number of nitrogens with one attached hydrogen (secondary N) is 1. The lowest BCUT2D eigenvalue weighted by Gasteiger charge is -2.37. The highest BCUT2D eigenvalue weighted by molar-refractivity contribution is 4.87. The van der Waals surface area contributed by atoms with Gasteiger partial charge in [-0.25, -0.2) is 0 Å². The van der Waals surface area contributed by atoms with E-state index >= 15 is 0 Å². The highest BCUT2D eigenvalue weighted by Gasteiger charge is 2.27. The van der Waals surface area contributed by atoms with E-state index in [-0.39, 0.29) is 5.54 Å². The molecule has 15 heavy (non-hydrogen) atoms. The third-order valence-electron chi connectivity index (χ3n) is 4.01. The number of rotatable bonds is 5. The van der Waals surface area contributed by atoms with E-state index in [1.165, 1.54) is 25.7 Å². The highest BCUT2D eigenvalue weighted by Crippen LogP contribution is 2.26. The summed E-state index contributed by atoms with van der Waals surface area (Å²) in [6, 6.07) is 0.678. The second-order valence-corrected chi connectivity index (χ2v) is 5.49. The van der Waals surface area contributed by atoms with Crippen molar-refractivity contribution in [1.29, 1.82) is 0 Å². The minimum Gasteiger partial charge on any atom is -0.396 e. The summed E-state index contributed by atoms with van der Waals surface area (Å²) < 4.78 is 0. The van der Waals surface area contributed by atoms with Crippen LogP contribution in [0.4, 0.5) is 0 Å². The van der Waals surface area contributed by atoms with Gasteiger partial charge in [0.2, 0.25) is 0 Å². The van der Waals surface area contributed by atoms with Crippen molar-refractivity contribution in [3.8, 4) is 0 Å². The second-order valence-electron chi connectivity index (χ2n) is 5.49. The Bertz CT molecular complexity index is 175. The quantitative estimate of drug-likeness (QED) is 0.736. The maximum absolute atomic E-state index is 9.06. The van der Waals surface area contributed by atoms with Gasteiger partial charge in [0.05, 0.1) is 0 Å². The summed E-state index contributed by atoms with van der Waals surface area (Å²) in [7, 11) is 0. The zero-order chi connectivity index (χ0) is 11.3. The van der Waals surface area contributed by atoms with E-state index in [2.05, 4.69) is 26.1 Å². The minimum atomic E-state index is 0.139. The fraction of sp³-hybridized carbons (Fsp3) is 1.00. The average molecular weight is 213 g/mol. The molecular weight excluding hydrogens is 186 g/mol. The fourth-order valence-electron chi connectivity index (χ4n) is 2.49. The Hall–Kier alpha value is -0.0800. The molecule has 1 aliphatic rings. The smallest absolute Gasteiger partial charge is 0.0448 e. The number of aliphatic hydroxyl groups excluding tert-OH is 1. The van der Waals surface area contributed by atoms with Crippen LogP contribution < -0.4 is 5.32 Å². The van der Waals surface area contributed by atoms with Crippen LogP contribution in [-0.4, -0.2) is 23.3 Å². The van der Waals surface area contributed by atoms with Gasteiger partial charge in [0.15, 0.2) is 0 Å². The summed E-state index contributed by atoms with van der Waals surface area (Å²) in [5, 5.41) is 12.8. The molecular formula is C13H27NO. The van der Waals surface area contributed by atoms with Gasteiger partial charge in [-0.3, -0.25) is 0 Å². The molecule has 1 atom stereocenters. The van der Waals surface area contributed by atoms with Crippen molar-refractivity contribution in [2.24, 2.45) is 5.92 Å². The maximum atomic E-state index is 9.06. The molecule has 0 amide bonds. The molecule has 1 rings (SSSR count). The van der Waals surface area contributed by atoms with E-state index in [1.54, 1.807) is 0 Å². The highest BCUT2D eigenvalue weighted by atomic mass is 16.3. The van der Waals surface area contributed by atoms with Gasteiger partial charge in [-0.15, -0.1) is 0 Å². The Balaban J connectivity index is 2.38. The molecule has 90 valence electrons. The first-order valence-electron chi connectivity index (χ1n) is 6.48. The monoisotopic (exact) mass is 213 g/mol. The molecule has 0 aliphatic heterocycles. The lowest BCUT2D eigenvalue weighted by atomic mass is 9.84. The van der Waals surface area contributed by atoms with Crippen molar-refractivity contribution in [2.75, 3.05) is 6.61 Å². The SMILES string of the molecule is CCC(C)(CCO)NC1CCC(C)CC1. The molecule has 0 spiro atoms. The van der Waals surface area contributed by atoms with Crippen LogP contribution in [0, 0.1) is 5.92 Å². The minimum absolute atomic E-state index is 0.139. The number of aliphatic hydroxyl groups is 1. The normalized spacial score (nSPS) is 31.2. The average Bonchev–Trinajstić information content (AvgIpc) is 2.22. The Kier molecular flexibility index (Phi) is 5.07. The molecule has 0 heterocycles. The third kappa shape index (κ3) is 4.12. The predicted octanol–water partition coefficient (Wildman–Crippen LogP) is 2.71. The van der Waals surface area contributed by atoms with Crippen molar-refractivity contribution in [3.05, 3.63) is 0 Å². The molecule has 1 aliphatic carbocycles. The zero-order valence-electron chi connectivity index (χ0n) is 10.6. The van der Waals surface area contributed by atoms with E-state index in [0.29, 0.717) is 12.6 Å². The molecule has 2 nitrogen and oxygen atoms in total. The fourth-order valence-corrected chi connectivity index (χ4v) is 2.49. The first kappa shape index (κ1) is 13.0. The Morgan fingerprint density at radius 3 is 2.33 bits per heavy atom. The van der Waals surface area contributed by atoms with Crippen LogP contribution in [0.25, 0.3) is 0 Å². The maximum Gasteiger partial charge on any atom is 0.0448 e. The zero-order valence-corrected chi connectivity index (χ0v) is 10.6. The van der Waals surface area contributed by atoms with Crippen LogP contribution in [0.1, 0.15) is 59.3 Å². The molecule has 2 heteroatoms. The summed E-state index contributed by atoms with van der Waals surface area (Å²) >= 11 is 0. The molecule has 0 saturated heterocycles. The molecule has 0 aromatic heterocycles. The molecule has 1 fully saturated rings. The summed E-state index contributed by atoms with van der Waals surface area (Å²) in [6.07, 6.45) is 7.30. The first-order chi connectivity index (χ1) is 7.09. The van der Waals surface area contributed by atoms with Gasteiger partial charge in [-0.05, 0) is 51.4 Å². The standard InChI is InChI=1S/C13H27NO/c1-4-13(3,9-10-15)14-12-7-5-11(2)6-8-12/h11-12,14-15H,4-10H2,1-3H3. The van der Waals surface area contributed by atoms with Gasteiger partial charge < -0.3 is 10.4 Å². The van der Waals surface area contributed by atoms with Crippen LogP contribution in [0.3, 0.4) is 0 Å². The molecule has 0 aromatic rings. The topological polar surface area (TPSA) is 32.3 Å². The number of hydrogen-bond donors (Lipinski definition) is 2. The van der Waals surface area contributed by atoms with E-state index in [9.17, 15) is 0 Å². The third-order valence-corrected chi connectivity index (χ3v) is 4.01. The van der Waals surface area contributed by atoms with Crippen molar-refractivity contribution >= 4 is 0 Å². The van der Waals surface area contributed by atoms with Crippen molar-refractivity contribution in [3.63, 3.8) is 0 Å². The van der Waals surface area contributed by atoms with Gasteiger partial charge in [0, 0.05) is 18.2 Å². The van der Waals surface area contributed by atoms with E-state index < -0.39 is 0 Å². The van der Waals surface area contributed by atoms with E-state index in [0.717, 1.165) is 18.8 Å². The Morgan fingerprint density at radius 2 is 1.87 bits per heavy atom. The summed E-state index contributed by atoms with van der Waals surface area (Å²) in [4.78, 5) is 0. The van der Waals surface area contributed by atoms with Gasteiger partial charge in [-0.1, -0.05) is 13.8 Å². The van der Waals surface area contributed by atoms with E-state index in [1.807, 2.05) is 0 Å². The van der Waals surface area contributed by atoms with Gasteiger partial charge in [-0.2, -0.15) is 0 Å². The Labute approximate surface area is 94.5 Å².